The molecule has 2 amide bonds. The highest BCUT2D eigenvalue weighted by molar-refractivity contribution is 6.30. The first-order valence-electron chi connectivity index (χ1n) is 10.2. The van der Waals surface area contributed by atoms with Gasteiger partial charge in [0.25, 0.3) is 0 Å². The number of aryl methyl sites for hydroxylation is 1. The van der Waals surface area contributed by atoms with Crippen LogP contribution in [0.4, 0.5) is 10.5 Å². The monoisotopic (exact) mass is 399 g/mol. The van der Waals surface area contributed by atoms with E-state index >= 15 is 0 Å². The van der Waals surface area contributed by atoms with E-state index in [2.05, 4.69) is 47.1 Å². The zero-order valence-electron chi connectivity index (χ0n) is 16.5. The number of benzene rings is 2. The summed E-state index contributed by atoms with van der Waals surface area (Å²) in [6.07, 6.45) is 6.25. The third kappa shape index (κ3) is 6.54. The van der Waals surface area contributed by atoms with Crippen LogP contribution in [0.1, 0.15) is 49.1 Å². The number of hydrogen-bond acceptors (Lipinski definition) is 2. The van der Waals surface area contributed by atoms with Gasteiger partial charge < -0.3 is 16.0 Å². The molecular formula is C23H30ClN3O. The Kier molecular flexibility index (Phi) is 7.75. The highest BCUT2D eigenvalue weighted by Gasteiger charge is 2.17. The molecule has 0 aliphatic heterocycles. The Labute approximate surface area is 173 Å². The lowest BCUT2D eigenvalue weighted by molar-refractivity contribution is 0.251. The molecule has 0 bridgehead atoms. The maximum absolute atomic E-state index is 12.3. The molecule has 4 nitrogen and oxygen atoms in total. The summed E-state index contributed by atoms with van der Waals surface area (Å²) >= 11 is 5.98. The molecule has 0 heterocycles. The Bertz CT molecular complexity index is 757. The molecule has 0 aromatic heterocycles. The van der Waals surface area contributed by atoms with E-state index < -0.39 is 0 Å². The van der Waals surface area contributed by atoms with Gasteiger partial charge in [-0.25, -0.2) is 4.79 Å². The van der Waals surface area contributed by atoms with Gasteiger partial charge in [0.15, 0.2) is 0 Å². The SMILES string of the molecule is Cc1ccc(C(CCNC2CCCC2)CNC(=O)Nc2cccc(Cl)c2)cc1. The average molecular weight is 400 g/mol. The van der Waals surface area contributed by atoms with Gasteiger partial charge in [-0.15, -0.1) is 0 Å². The number of urea groups is 1. The van der Waals surface area contributed by atoms with Gasteiger partial charge in [-0.05, 0) is 56.5 Å². The highest BCUT2D eigenvalue weighted by Crippen LogP contribution is 2.21. The van der Waals surface area contributed by atoms with Gasteiger partial charge in [0.1, 0.15) is 0 Å². The molecule has 1 atom stereocenters. The minimum Gasteiger partial charge on any atom is -0.337 e. The molecule has 0 radical (unpaired) electrons. The number of hydrogen-bond donors (Lipinski definition) is 3. The molecule has 1 unspecified atom stereocenters. The van der Waals surface area contributed by atoms with E-state index in [1.54, 1.807) is 12.1 Å². The number of nitrogens with one attached hydrogen (secondary N) is 3. The second-order valence-electron chi connectivity index (χ2n) is 7.68. The standard InChI is InChI=1S/C23H30ClN3O/c1-17-9-11-18(12-10-17)19(13-14-25-21-6-2-3-7-21)16-26-23(28)27-22-8-4-5-20(24)15-22/h4-5,8-12,15,19,21,25H,2-3,6-7,13-14,16H2,1H3,(H2,26,27,28). The number of carbonyl (C=O) groups excluding carboxylic acids is 1. The third-order valence-electron chi connectivity index (χ3n) is 5.42. The van der Waals surface area contributed by atoms with Crippen molar-refractivity contribution in [3.05, 3.63) is 64.7 Å². The maximum atomic E-state index is 12.3. The lowest BCUT2D eigenvalue weighted by atomic mass is 9.94. The van der Waals surface area contributed by atoms with Crippen LogP contribution < -0.4 is 16.0 Å². The van der Waals surface area contributed by atoms with Crippen molar-refractivity contribution in [3.63, 3.8) is 0 Å². The van der Waals surface area contributed by atoms with E-state index in [-0.39, 0.29) is 11.9 Å². The van der Waals surface area contributed by atoms with Gasteiger partial charge in [-0.1, -0.05) is 60.3 Å². The number of anilines is 1. The molecule has 1 saturated carbocycles. The minimum absolute atomic E-state index is 0.205. The van der Waals surface area contributed by atoms with Crippen LogP contribution in [0.5, 0.6) is 0 Å². The molecule has 5 heteroatoms. The van der Waals surface area contributed by atoms with Crippen molar-refractivity contribution in [2.45, 2.75) is 51.0 Å². The fourth-order valence-corrected chi connectivity index (χ4v) is 3.96. The number of carbonyl (C=O) groups is 1. The Morgan fingerprint density at radius 3 is 2.61 bits per heavy atom. The lowest BCUT2D eigenvalue weighted by Crippen LogP contribution is -2.34. The second-order valence-corrected chi connectivity index (χ2v) is 8.11. The smallest absolute Gasteiger partial charge is 0.319 e. The Balaban J connectivity index is 1.54. The quantitative estimate of drug-likeness (QED) is 0.550. The van der Waals surface area contributed by atoms with Crippen LogP contribution in [0.3, 0.4) is 0 Å². The van der Waals surface area contributed by atoms with Crippen LogP contribution in [0.2, 0.25) is 5.02 Å². The van der Waals surface area contributed by atoms with E-state index in [0.29, 0.717) is 23.3 Å². The normalized spacial score (nSPS) is 15.4. The van der Waals surface area contributed by atoms with E-state index in [1.807, 2.05) is 12.1 Å². The van der Waals surface area contributed by atoms with Gasteiger partial charge in [-0.2, -0.15) is 0 Å². The Morgan fingerprint density at radius 1 is 1.14 bits per heavy atom. The molecule has 0 saturated heterocycles. The van der Waals surface area contributed by atoms with Crippen LogP contribution >= 0.6 is 11.6 Å². The van der Waals surface area contributed by atoms with Crippen molar-refractivity contribution in [1.82, 2.24) is 10.6 Å². The molecule has 0 spiro atoms. The first kappa shape index (κ1) is 20.7. The molecule has 150 valence electrons. The summed E-state index contributed by atoms with van der Waals surface area (Å²) in [7, 11) is 0. The van der Waals surface area contributed by atoms with Crippen LogP contribution in [0.15, 0.2) is 48.5 Å². The van der Waals surface area contributed by atoms with Gasteiger partial charge in [0.05, 0.1) is 0 Å². The summed E-state index contributed by atoms with van der Waals surface area (Å²) in [6, 6.07) is 16.3. The molecule has 2 aromatic carbocycles. The number of amides is 2. The van der Waals surface area contributed by atoms with Crippen molar-refractivity contribution in [3.8, 4) is 0 Å². The fraction of sp³-hybridized carbons (Fsp3) is 0.435. The molecule has 3 rings (SSSR count). The zero-order chi connectivity index (χ0) is 19.8. The zero-order valence-corrected chi connectivity index (χ0v) is 17.3. The molecule has 2 aromatic rings. The first-order chi connectivity index (χ1) is 13.6. The van der Waals surface area contributed by atoms with Gasteiger partial charge in [-0.3, -0.25) is 0 Å². The van der Waals surface area contributed by atoms with Gasteiger partial charge in [0.2, 0.25) is 0 Å². The largest absolute Gasteiger partial charge is 0.337 e. The highest BCUT2D eigenvalue weighted by atomic mass is 35.5. The summed E-state index contributed by atoms with van der Waals surface area (Å²) in [4.78, 5) is 12.3. The van der Waals surface area contributed by atoms with Gasteiger partial charge in [0, 0.05) is 29.2 Å². The predicted molar refractivity (Wildman–Crippen MR) is 117 cm³/mol. The third-order valence-corrected chi connectivity index (χ3v) is 5.66. The van der Waals surface area contributed by atoms with Crippen LogP contribution in [0.25, 0.3) is 0 Å². The second kappa shape index (κ2) is 10.5. The van der Waals surface area contributed by atoms with Gasteiger partial charge >= 0.3 is 6.03 Å². The Morgan fingerprint density at radius 2 is 1.89 bits per heavy atom. The fourth-order valence-electron chi connectivity index (χ4n) is 3.77. The predicted octanol–water partition coefficient (Wildman–Crippen LogP) is 5.48. The average Bonchev–Trinajstić information content (AvgIpc) is 3.19. The summed E-state index contributed by atoms with van der Waals surface area (Å²) in [5.41, 5.74) is 3.21. The van der Waals surface area contributed by atoms with Crippen LogP contribution in [-0.2, 0) is 0 Å². The van der Waals surface area contributed by atoms with Crippen LogP contribution in [0, 0.1) is 6.92 Å². The number of rotatable bonds is 8. The lowest BCUT2D eigenvalue weighted by Gasteiger charge is -2.20. The molecule has 1 aliphatic rings. The summed E-state index contributed by atoms with van der Waals surface area (Å²) in [5.74, 6) is 0.277. The molecule has 1 fully saturated rings. The first-order valence-corrected chi connectivity index (χ1v) is 10.6. The maximum Gasteiger partial charge on any atom is 0.319 e. The van der Waals surface area contributed by atoms with Crippen molar-refractivity contribution < 1.29 is 4.79 Å². The summed E-state index contributed by atoms with van der Waals surface area (Å²) in [5, 5.41) is 10.2. The molecule has 1 aliphatic carbocycles. The number of halogens is 1. The van der Waals surface area contributed by atoms with E-state index in [0.717, 1.165) is 13.0 Å². The Hall–Kier alpha value is -2.04. The molecule has 3 N–H and O–H groups in total. The van der Waals surface area contributed by atoms with E-state index in [1.165, 1.54) is 36.8 Å². The topological polar surface area (TPSA) is 53.2 Å². The summed E-state index contributed by atoms with van der Waals surface area (Å²) < 4.78 is 0. The van der Waals surface area contributed by atoms with Crippen molar-refractivity contribution in [2.75, 3.05) is 18.4 Å². The van der Waals surface area contributed by atoms with Crippen molar-refractivity contribution >= 4 is 23.3 Å². The van der Waals surface area contributed by atoms with Crippen molar-refractivity contribution in [1.29, 1.82) is 0 Å². The van der Waals surface area contributed by atoms with E-state index in [4.69, 9.17) is 11.6 Å². The van der Waals surface area contributed by atoms with Crippen molar-refractivity contribution in [2.24, 2.45) is 0 Å². The summed E-state index contributed by atoms with van der Waals surface area (Å²) in [6.45, 7) is 3.67. The van der Waals surface area contributed by atoms with E-state index in [9.17, 15) is 4.79 Å². The molecule has 28 heavy (non-hydrogen) atoms. The van der Waals surface area contributed by atoms with Crippen LogP contribution in [-0.4, -0.2) is 25.2 Å². The minimum atomic E-state index is -0.205. The molecular weight excluding hydrogens is 370 g/mol.